The van der Waals surface area contributed by atoms with Crippen LogP contribution in [0, 0.1) is 0 Å². The van der Waals surface area contributed by atoms with Crippen molar-refractivity contribution in [3.05, 3.63) is 29.3 Å². The Labute approximate surface area is 111 Å². The van der Waals surface area contributed by atoms with E-state index in [1.807, 2.05) is 0 Å². The summed E-state index contributed by atoms with van der Waals surface area (Å²) in [6.45, 7) is 12.0. The Balaban J connectivity index is 2.35. The average molecular weight is 247 g/mol. The second-order valence-corrected chi connectivity index (χ2v) is 6.51. The van der Waals surface area contributed by atoms with E-state index in [4.69, 9.17) is 4.74 Å². The van der Waals surface area contributed by atoms with Gasteiger partial charge in [-0.1, -0.05) is 40.7 Å². The van der Waals surface area contributed by atoms with Crippen LogP contribution in [0.1, 0.15) is 58.2 Å². The highest BCUT2D eigenvalue weighted by Gasteiger charge is 2.24. The normalized spacial score (nSPS) is 19.6. The molecule has 1 aromatic carbocycles. The molecule has 2 heteroatoms. The summed E-state index contributed by atoms with van der Waals surface area (Å²) < 4.78 is 5.76. The molecule has 1 aliphatic rings. The number of hydrogen-bond acceptors (Lipinski definition) is 2. The Morgan fingerprint density at radius 1 is 1.28 bits per heavy atom. The molecule has 0 aliphatic carbocycles. The maximum Gasteiger partial charge on any atom is 0.124 e. The van der Waals surface area contributed by atoms with Crippen LogP contribution in [0.15, 0.2) is 18.2 Å². The second-order valence-electron chi connectivity index (χ2n) is 6.51. The Bertz CT molecular complexity index is 418. The van der Waals surface area contributed by atoms with Gasteiger partial charge in [0.1, 0.15) is 5.75 Å². The first-order valence-electron chi connectivity index (χ1n) is 6.91. The Kier molecular flexibility index (Phi) is 3.67. The maximum absolute atomic E-state index is 5.76. The van der Waals surface area contributed by atoms with Gasteiger partial charge in [-0.3, -0.25) is 0 Å². The van der Waals surface area contributed by atoms with Crippen LogP contribution in [0.3, 0.4) is 0 Å². The van der Waals surface area contributed by atoms with Crippen molar-refractivity contribution in [2.75, 3.05) is 6.61 Å². The summed E-state index contributed by atoms with van der Waals surface area (Å²) in [5.74, 6) is 1.05. The molecule has 0 fully saturated rings. The predicted octanol–water partition coefficient (Wildman–Crippen LogP) is 3.81. The number of fused-ring (bicyclic) bond motifs is 1. The van der Waals surface area contributed by atoms with Crippen LogP contribution in [-0.4, -0.2) is 12.6 Å². The molecule has 0 bridgehead atoms. The molecule has 1 aliphatic heterocycles. The van der Waals surface area contributed by atoms with E-state index in [9.17, 15) is 0 Å². The smallest absolute Gasteiger partial charge is 0.124 e. The van der Waals surface area contributed by atoms with Gasteiger partial charge in [-0.05, 0) is 23.1 Å². The van der Waals surface area contributed by atoms with E-state index in [1.165, 1.54) is 11.1 Å². The van der Waals surface area contributed by atoms with Crippen LogP contribution in [-0.2, 0) is 5.41 Å². The third kappa shape index (κ3) is 2.86. The summed E-state index contributed by atoms with van der Waals surface area (Å²) >= 11 is 0. The third-order valence-electron chi connectivity index (χ3n) is 3.45. The lowest BCUT2D eigenvalue weighted by molar-refractivity contribution is 0.247. The van der Waals surface area contributed by atoms with Crippen LogP contribution < -0.4 is 10.1 Å². The highest BCUT2D eigenvalue weighted by atomic mass is 16.5. The highest BCUT2D eigenvalue weighted by Crippen LogP contribution is 2.35. The zero-order valence-corrected chi connectivity index (χ0v) is 12.2. The van der Waals surface area contributed by atoms with Crippen molar-refractivity contribution < 1.29 is 4.74 Å². The molecule has 18 heavy (non-hydrogen) atoms. The van der Waals surface area contributed by atoms with Crippen molar-refractivity contribution in [1.82, 2.24) is 5.32 Å². The Morgan fingerprint density at radius 2 is 2.00 bits per heavy atom. The highest BCUT2D eigenvalue weighted by molar-refractivity contribution is 5.42. The molecule has 0 saturated carbocycles. The minimum atomic E-state index is 0.189. The topological polar surface area (TPSA) is 21.3 Å². The minimum absolute atomic E-state index is 0.189. The molecular formula is C16H25NO. The molecule has 2 nitrogen and oxygen atoms in total. The molecule has 0 amide bonds. The second kappa shape index (κ2) is 4.93. The first-order valence-corrected chi connectivity index (χ1v) is 6.91. The molecule has 0 radical (unpaired) electrons. The number of ether oxygens (including phenoxy) is 1. The quantitative estimate of drug-likeness (QED) is 0.858. The molecule has 100 valence electrons. The van der Waals surface area contributed by atoms with E-state index < -0.39 is 0 Å². The minimum Gasteiger partial charge on any atom is -0.493 e. The van der Waals surface area contributed by atoms with Gasteiger partial charge in [-0.25, -0.2) is 0 Å². The molecule has 0 aromatic heterocycles. The summed E-state index contributed by atoms with van der Waals surface area (Å²) in [7, 11) is 0. The summed E-state index contributed by atoms with van der Waals surface area (Å²) in [5, 5.41) is 3.64. The van der Waals surface area contributed by atoms with E-state index in [1.54, 1.807) is 0 Å². The summed E-state index contributed by atoms with van der Waals surface area (Å²) in [5.41, 5.74) is 2.89. The molecule has 1 atom stereocenters. The predicted molar refractivity (Wildman–Crippen MR) is 76.3 cm³/mol. The molecule has 0 saturated heterocycles. The Morgan fingerprint density at radius 3 is 2.61 bits per heavy atom. The standard InChI is InChI=1S/C16H25NO/c1-11(2)17-14-8-9-18-15-7-6-12(10-13(14)15)16(3,4)5/h6-7,10-11,14,17H,8-9H2,1-5H3. The van der Waals surface area contributed by atoms with Crippen molar-refractivity contribution in [2.24, 2.45) is 0 Å². The lowest BCUT2D eigenvalue weighted by Crippen LogP contribution is -2.32. The number of nitrogens with one attached hydrogen (secondary N) is 1. The van der Waals surface area contributed by atoms with Gasteiger partial charge in [0.25, 0.3) is 0 Å². The number of hydrogen-bond donors (Lipinski definition) is 1. The summed E-state index contributed by atoms with van der Waals surface area (Å²) in [6.07, 6.45) is 1.05. The van der Waals surface area contributed by atoms with E-state index in [0.717, 1.165) is 18.8 Å². The molecule has 1 N–H and O–H groups in total. The van der Waals surface area contributed by atoms with E-state index >= 15 is 0 Å². The zero-order valence-electron chi connectivity index (χ0n) is 12.2. The summed E-state index contributed by atoms with van der Waals surface area (Å²) in [6, 6.07) is 7.56. The zero-order chi connectivity index (χ0) is 13.3. The van der Waals surface area contributed by atoms with E-state index in [-0.39, 0.29) is 5.41 Å². The Hall–Kier alpha value is -1.02. The monoisotopic (exact) mass is 247 g/mol. The fourth-order valence-electron chi connectivity index (χ4n) is 2.44. The van der Waals surface area contributed by atoms with Gasteiger partial charge < -0.3 is 10.1 Å². The van der Waals surface area contributed by atoms with Crippen LogP contribution in [0.2, 0.25) is 0 Å². The first kappa shape index (κ1) is 13.4. The molecule has 0 spiro atoms. The van der Waals surface area contributed by atoms with Gasteiger partial charge in [0.05, 0.1) is 6.61 Å². The van der Waals surface area contributed by atoms with Crippen molar-refractivity contribution in [2.45, 2.75) is 58.5 Å². The molecular weight excluding hydrogens is 222 g/mol. The SMILES string of the molecule is CC(C)NC1CCOc2ccc(C(C)(C)C)cc21. The van der Waals surface area contributed by atoms with Gasteiger partial charge in [0.15, 0.2) is 0 Å². The summed E-state index contributed by atoms with van der Waals surface area (Å²) in [4.78, 5) is 0. The van der Waals surface area contributed by atoms with Crippen LogP contribution >= 0.6 is 0 Å². The number of benzene rings is 1. The van der Waals surface area contributed by atoms with Gasteiger partial charge in [0.2, 0.25) is 0 Å². The molecule has 2 rings (SSSR count). The van der Waals surface area contributed by atoms with E-state index in [0.29, 0.717) is 12.1 Å². The maximum atomic E-state index is 5.76. The molecule has 1 unspecified atom stereocenters. The van der Waals surface area contributed by atoms with Crippen molar-refractivity contribution in [3.8, 4) is 5.75 Å². The molecule has 1 aromatic rings. The van der Waals surface area contributed by atoms with Gasteiger partial charge in [-0.2, -0.15) is 0 Å². The largest absolute Gasteiger partial charge is 0.493 e. The van der Waals surface area contributed by atoms with Crippen molar-refractivity contribution in [3.63, 3.8) is 0 Å². The fourth-order valence-corrected chi connectivity index (χ4v) is 2.44. The van der Waals surface area contributed by atoms with Gasteiger partial charge in [-0.15, -0.1) is 0 Å². The first-order chi connectivity index (χ1) is 8.38. The van der Waals surface area contributed by atoms with Gasteiger partial charge in [0, 0.05) is 24.1 Å². The van der Waals surface area contributed by atoms with Crippen molar-refractivity contribution >= 4 is 0 Å². The van der Waals surface area contributed by atoms with Crippen LogP contribution in [0.5, 0.6) is 5.75 Å². The van der Waals surface area contributed by atoms with E-state index in [2.05, 4.69) is 58.1 Å². The molecule has 1 heterocycles. The lowest BCUT2D eigenvalue weighted by atomic mass is 9.84. The van der Waals surface area contributed by atoms with Crippen LogP contribution in [0.25, 0.3) is 0 Å². The van der Waals surface area contributed by atoms with Crippen LogP contribution in [0.4, 0.5) is 0 Å². The van der Waals surface area contributed by atoms with Crippen molar-refractivity contribution in [1.29, 1.82) is 0 Å². The fraction of sp³-hybridized carbons (Fsp3) is 0.625. The van der Waals surface area contributed by atoms with Gasteiger partial charge >= 0.3 is 0 Å². The number of rotatable bonds is 2. The average Bonchev–Trinajstić information content (AvgIpc) is 2.27. The third-order valence-corrected chi connectivity index (χ3v) is 3.45. The lowest BCUT2D eigenvalue weighted by Gasteiger charge is -2.30.